The Kier molecular flexibility index (Phi) is 8.12. The molecular formula is C26H33F3N8O3S. The van der Waals surface area contributed by atoms with E-state index in [1.165, 1.54) is 6.07 Å². The van der Waals surface area contributed by atoms with Crippen molar-refractivity contribution in [3.8, 4) is 0 Å². The molecule has 0 unspecified atom stereocenters. The molecule has 2 aliphatic heterocycles. The van der Waals surface area contributed by atoms with Crippen molar-refractivity contribution in [3.63, 3.8) is 0 Å². The predicted octanol–water partition coefficient (Wildman–Crippen LogP) is 3.44. The van der Waals surface area contributed by atoms with Crippen LogP contribution in [0.2, 0.25) is 0 Å². The van der Waals surface area contributed by atoms with Gasteiger partial charge in [0, 0.05) is 57.6 Å². The van der Waals surface area contributed by atoms with Gasteiger partial charge in [0.25, 0.3) is 0 Å². The van der Waals surface area contributed by atoms with Crippen molar-refractivity contribution in [3.05, 3.63) is 41.1 Å². The lowest BCUT2D eigenvalue weighted by molar-refractivity contribution is -0.138. The molecule has 15 heteroatoms. The number of morpholine rings is 1. The Morgan fingerprint density at radius 1 is 1.20 bits per heavy atom. The summed E-state index contributed by atoms with van der Waals surface area (Å²) in [7, 11) is 0.328. The third kappa shape index (κ3) is 6.57. The summed E-state index contributed by atoms with van der Waals surface area (Å²) in [5.74, 6) is 0.773. The summed E-state index contributed by atoms with van der Waals surface area (Å²) in [5.41, 5.74) is 0.841. The van der Waals surface area contributed by atoms with Crippen molar-refractivity contribution < 1.29 is 26.3 Å². The van der Waals surface area contributed by atoms with E-state index < -0.39 is 21.6 Å². The molecule has 1 aromatic carbocycles. The van der Waals surface area contributed by atoms with Gasteiger partial charge in [-0.25, -0.2) is 18.4 Å². The highest BCUT2D eigenvalue weighted by atomic mass is 32.2. The molecule has 3 aromatic rings. The lowest BCUT2D eigenvalue weighted by atomic mass is 10.0. The van der Waals surface area contributed by atoms with Crippen LogP contribution < -0.4 is 10.2 Å². The number of hydrogen-bond donors (Lipinski definition) is 1. The van der Waals surface area contributed by atoms with Gasteiger partial charge in [0.2, 0.25) is 0 Å². The number of halogens is 3. The van der Waals surface area contributed by atoms with Gasteiger partial charge in [-0.1, -0.05) is 6.07 Å². The molecule has 0 saturated carbocycles. The maximum Gasteiger partial charge on any atom is 0.416 e. The molecule has 0 spiro atoms. The number of imidazole rings is 1. The highest BCUT2D eigenvalue weighted by molar-refractivity contribution is 7.91. The molecule has 0 aliphatic carbocycles. The Bertz CT molecular complexity index is 1550. The summed E-state index contributed by atoms with van der Waals surface area (Å²) in [6.45, 7) is 4.29. The molecule has 0 amide bonds. The first kappa shape index (κ1) is 29.1. The zero-order valence-corrected chi connectivity index (χ0v) is 24.0. The van der Waals surface area contributed by atoms with E-state index in [9.17, 15) is 21.6 Å². The molecule has 0 bridgehead atoms. The summed E-state index contributed by atoms with van der Waals surface area (Å²) >= 11 is 0. The first-order valence-corrected chi connectivity index (χ1v) is 15.1. The number of hydrogen-bond acceptors (Lipinski definition) is 9. The number of anilines is 3. The molecule has 11 nitrogen and oxygen atoms in total. The van der Waals surface area contributed by atoms with Crippen LogP contribution in [-0.2, 0) is 27.3 Å². The molecule has 222 valence electrons. The average molecular weight is 595 g/mol. The summed E-state index contributed by atoms with van der Waals surface area (Å²) in [4.78, 5) is 14.6. The van der Waals surface area contributed by atoms with Crippen molar-refractivity contribution >= 4 is 44.8 Å². The molecule has 5 rings (SSSR count). The van der Waals surface area contributed by atoms with Crippen LogP contribution in [0.5, 0.6) is 0 Å². The number of rotatable bonds is 7. The zero-order chi connectivity index (χ0) is 29.4. The molecule has 0 radical (unpaired) electrons. The topological polar surface area (TPSA) is 108 Å². The number of aliphatic imine (C=N–C) groups is 1. The smallest absolute Gasteiger partial charge is 0.378 e. The molecule has 2 fully saturated rings. The molecule has 0 atom stereocenters. The number of benzene rings is 1. The minimum absolute atomic E-state index is 0.0340. The second-order valence-corrected chi connectivity index (χ2v) is 12.6. The van der Waals surface area contributed by atoms with Crippen molar-refractivity contribution in [1.29, 1.82) is 0 Å². The van der Waals surface area contributed by atoms with E-state index in [1.807, 2.05) is 20.2 Å². The second-order valence-electron chi connectivity index (χ2n) is 10.4. The molecule has 4 heterocycles. The summed E-state index contributed by atoms with van der Waals surface area (Å²) in [6, 6.07) is 5.74. The highest BCUT2D eigenvalue weighted by Gasteiger charge is 2.36. The Morgan fingerprint density at radius 3 is 2.63 bits per heavy atom. The van der Waals surface area contributed by atoms with Gasteiger partial charge in [0.1, 0.15) is 11.6 Å². The number of nitrogens with one attached hydrogen (secondary N) is 1. The van der Waals surface area contributed by atoms with Crippen LogP contribution in [0.3, 0.4) is 0 Å². The maximum absolute atomic E-state index is 14.2. The van der Waals surface area contributed by atoms with Gasteiger partial charge in [0.15, 0.2) is 27.1 Å². The average Bonchev–Trinajstić information content (AvgIpc) is 3.22. The highest BCUT2D eigenvalue weighted by Crippen LogP contribution is 2.38. The van der Waals surface area contributed by atoms with E-state index in [1.54, 1.807) is 33.6 Å². The minimum Gasteiger partial charge on any atom is -0.378 e. The Hall–Kier alpha value is -3.43. The number of fused-ring (bicyclic) bond motifs is 1. The van der Waals surface area contributed by atoms with E-state index in [0.29, 0.717) is 67.9 Å². The van der Waals surface area contributed by atoms with E-state index in [0.717, 1.165) is 6.07 Å². The van der Waals surface area contributed by atoms with Gasteiger partial charge in [-0.15, -0.1) is 5.10 Å². The molecule has 2 aromatic heterocycles. The summed E-state index contributed by atoms with van der Waals surface area (Å²) < 4.78 is 74.0. The third-order valence-electron chi connectivity index (χ3n) is 6.91. The van der Waals surface area contributed by atoms with Gasteiger partial charge in [-0.2, -0.15) is 17.7 Å². The number of aryl methyl sites for hydroxylation is 1. The van der Waals surface area contributed by atoms with Crippen LogP contribution >= 0.6 is 0 Å². The Balaban J connectivity index is 1.61. The van der Waals surface area contributed by atoms with Crippen LogP contribution in [0.25, 0.3) is 5.65 Å². The standard InChI is InChI=1S/C26H33F3N8O3S/c1-18-24(37-25(31-18)22(30-16-34(2)3)14-23(33-37)36-9-11-40-12-10-36)32-21-7-4-6-20(26(27,28)29)19(21)15-35-8-5-13-41(38,39)17-35/h4,6-7,14,16,32H,5,8-13,15,17H2,1-3H3/b30-16+. The molecule has 41 heavy (non-hydrogen) atoms. The van der Waals surface area contributed by atoms with Crippen LogP contribution in [0.15, 0.2) is 29.3 Å². The maximum atomic E-state index is 14.2. The molecule has 1 N–H and O–H groups in total. The first-order valence-electron chi connectivity index (χ1n) is 13.2. The SMILES string of the molecule is Cc1nc2c(/N=C/N(C)C)cc(N3CCOCC3)nn2c1Nc1cccc(C(F)(F)F)c1CN1CCCS(=O)(=O)C1. The van der Waals surface area contributed by atoms with Crippen LogP contribution in [0, 0.1) is 6.92 Å². The monoisotopic (exact) mass is 594 g/mol. The predicted molar refractivity (Wildman–Crippen MR) is 151 cm³/mol. The summed E-state index contributed by atoms with van der Waals surface area (Å²) in [6.07, 6.45) is -2.62. The number of aromatic nitrogens is 3. The first-order chi connectivity index (χ1) is 19.4. The lowest BCUT2D eigenvalue weighted by Crippen LogP contribution is -2.38. The zero-order valence-electron chi connectivity index (χ0n) is 23.1. The second kappa shape index (κ2) is 11.4. The van der Waals surface area contributed by atoms with E-state index in [-0.39, 0.29) is 29.4 Å². The van der Waals surface area contributed by atoms with Gasteiger partial charge >= 0.3 is 6.18 Å². The van der Waals surface area contributed by atoms with Crippen molar-refractivity contribution in [1.82, 2.24) is 24.4 Å². The lowest BCUT2D eigenvalue weighted by Gasteiger charge is -2.29. The van der Waals surface area contributed by atoms with Gasteiger partial charge in [0.05, 0.1) is 36.6 Å². The van der Waals surface area contributed by atoms with Crippen molar-refractivity contribution in [2.24, 2.45) is 4.99 Å². The quantitative estimate of drug-likeness (QED) is 0.325. The van der Waals surface area contributed by atoms with Crippen LogP contribution in [-0.4, -0.2) is 97.7 Å². The van der Waals surface area contributed by atoms with E-state index in [4.69, 9.17) is 9.84 Å². The number of nitrogens with zero attached hydrogens (tertiary/aromatic N) is 7. The fourth-order valence-corrected chi connectivity index (χ4v) is 6.47. The summed E-state index contributed by atoms with van der Waals surface area (Å²) in [5, 5.41) is 7.97. The van der Waals surface area contributed by atoms with E-state index >= 15 is 0 Å². The molecule has 2 saturated heterocycles. The fraction of sp³-hybridized carbons (Fsp3) is 0.500. The van der Waals surface area contributed by atoms with Gasteiger partial charge in [-0.05, 0) is 25.5 Å². The number of alkyl halides is 3. The van der Waals surface area contributed by atoms with Crippen LogP contribution in [0.1, 0.15) is 23.2 Å². The third-order valence-corrected chi connectivity index (χ3v) is 8.58. The van der Waals surface area contributed by atoms with Gasteiger partial charge in [-0.3, -0.25) is 4.90 Å². The largest absolute Gasteiger partial charge is 0.416 e. The fourth-order valence-electron chi connectivity index (χ4n) is 4.99. The molecule has 2 aliphatic rings. The minimum atomic E-state index is -4.63. The van der Waals surface area contributed by atoms with E-state index in [2.05, 4.69) is 20.2 Å². The Morgan fingerprint density at radius 2 is 1.95 bits per heavy atom. The van der Waals surface area contributed by atoms with Crippen molar-refractivity contribution in [2.45, 2.75) is 26.1 Å². The molecular weight excluding hydrogens is 561 g/mol. The van der Waals surface area contributed by atoms with Gasteiger partial charge < -0.3 is 19.9 Å². The van der Waals surface area contributed by atoms with Crippen molar-refractivity contribution in [2.75, 3.05) is 68.8 Å². The number of sulfone groups is 1. The normalized spacial score (nSPS) is 18.3. The number of ether oxygens (including phenoxy) is 1. The van der Waals surface area contributed by atoms with Crippen LogP contribution in [0.4, 0.5) is 36.2 Å². The Labute approximate surface area is 236 Å².